The lowest BCUT2D eigenvalue weighted by atomic mass is 9.67. The first-order valence-corrected chi connectivity index (χ1v) is 14.2. The van der Waals surface area contributed by atoms with E-state index >= 15 is 8.78 Å². The maximum atomic E-state index is 15.2. The summed E-state index contributed by atoms with van der Waals surface area (Å²) in [6, 6.07) is 7.45. The molecule has 0 heterocycles. The summed E-state index contributed by atoms with van der Waals surface area (Å²) in [5.41, 5.74) is 1.26. The average Bonchev–Trinajstić information content (AvgIpc) is 2.89. The number of nitrogens with zero attached hydrogens (tertiary/aromatic N) is 1. The van der Waals surface area contributed by atoms with Crippen LogP contribution in [-0.4, -0.2) is 0 Å². The number of nitriles is 1. The Bertz CT molecular complexity index is 1100. The number of rotatable bonds is 4. The highest BCUT2D eigenvalue weighted by atomic mass is 19.1. The number of hydrogen-bond donors (Lipinski definition) is 0. The molecule has 0 atom stereocenters. The first-order chi connectivity index (χ1) is 17.8. The van der Waals surface area contributed by atoms with Crippen molar-refractivity contribution in [1.29, 1.82) is 5.26 Å². The van der Waals surface area contributed by atoms with Crippen LogP contribution in [0.2, 0.25) is 0 Å². The highest BCUT2D eigenvalue weighted by molar-refractivity contribution is 5.36. The minimum absolute atomic E-state index is 0.0578. The molecule has 2 aromatic carbocycles. The van der Waals surface area contributed by atoms with E-state index in [4.69, 9.17) is 5.26 Å². The van der Waals surface area contributed by atoms with E-state index in [1.54, 1.807) is 18.2 Å². The van der Waals surface area contributed by atoms with Crippen LogP contribution in [0.25, 0.3) is 0 Å². The topological polar surface area (TPSA) is 23.8 Å². The molecule has 5 rings (SSSR count). The van der Waals surface area contributed by atoms with Crippen molar-refractivity contribution >= 4 is 0 Å². The van der Waals surface area contributed by atoms with Gasteiger partial charge in [-0.25, -0.2) is 17.6 Å². The van der Waals surface area contributed by atoms with Gasteiger partial charge in [-0.1, -0.05) is 19.8 Å². The molecule has 0 aromatic heterocycles. The Morgan fingerprint density at radius 2 is 0.946 bits per heavy atom. The molecule has 37 heavy (non-hydrogen) atoms. The van der Waals surface area contributed by atoms with Gasteiger partial charge in [-0.15, -0.1) is 0 Å². The lowest BCUT2D eigenvalue weighted by Crippen LogP contribution is -2.25. The van der Waals surface area contributed by atoms with Crippen LogP contribution in [0.15, 0.2) is 24.3 Å². The van der Waals surface area contributed by atoms with E-state index < -0.39 is 17.2 Å². The second-order valence-corrected chi connectivity index (χ2v) is 12.0. The second kappa shape index (κ2) is 11.2. The van der Waals surface area contributed by atoms with Crippen molar-refractivity contribution in [3.05, 3.63) is 69.8 Å². The van der Waals surface area contributed by atoms with Crippen LogP contribution in [0.4, 0.5) is 17.6 Å². The fourth-order valence-corrected chi connectivity index (χ4v) is 7.56. The maximum absolute atomic E-state index is 15.2. The zero-order valence-electron chi connectivity index (χ0n) is 21.7. The Kier molecular flexibility index (Phi) is 7.93. The van der Waals surface area contributed by atoms with Crippen LogP contribution in [0.5, 0.6) is 0 Å². The van der Waals surface area contributed by atoms with Gasteiger partial charge >= 0.3 is 0 Å². The normalized spacial score (nSPS) is 30.6. The zero-order chi connectivity index (χ0) is 26.1. The lowest BCUT2D eigenvalue weighted by molar-refractivity contribution is 0.175. The van der Waals surface area contributed by atoms with E-state index in [1.807, 2.05) is 0 Å². The first kappa shape index (κ1) is 26.3. The van der Waals surface area contributed by atoms with Gasteiger partial charge in [0.2, 0.25) is 0 Å². The molecule has 198 valence electrons. The molecule has 3 fully saturated rings. The molecule has 2 aromatic rings. The molecule has 0 N–H and O–H groups in total. The third-order valence-corrected chi connectivity index (χ3v) is 9.85. The van der Waals surface area contributed by atoms with E-state index in [1.165, 1.54) is 12.1 Å². The SMILES string of the molecule is CC1CCC(c2cc(F)c(C3CCC(C4CCC(c5cc(F)c(C#N)c(F)c5)CC4)CC3)c(F)c2)CC1. The fourth-order valence-electron chi connectivity index (χ4n) is 7.56. The van der Waals surface area contributed by atoms with Crippen LogP contribution >= 0.6 is 0 Å². The Morgan fingerprint density at radius 1 is 0.568 bits per heavy atom. The van der Waals surface area contributed by atoms with Gasteiger partial charge in [-0.05, 0) is 135 Å². The van der Waals surface area contributed by atoms with Gasteiger partial charge in [0.25, 0.3) is 0 Å². The molecule has 3 saturated carbocycles. The monoisotopic (exact) mass is 511 g/mol. The van der Waals surface area contributed by atoms with E-state index in [-0.39, 0.29) is 29.4 Å². The van der Waals surface area contributed by atoms with Gasteiger partial charge in [0.05, 0.1) is 0 Å². The molecule has 0 radical (unpaired) electrons. The van der Waals surface area contributed by atoms with Crippen LogP contribution < -0.4 is 0 Å². The predicted octanol–water partition coefficient (Wildman–Crippen LogP) is 9.66. The lowest BCUT2D eigenvalue weighted by Gasteiger charge is -2.38. The minimum atomic E-state index is -0.779. The van der Waals surface area contributed by atoms with Crippen LogP contribution in [0, 0.1) is 52.4 Å². The third-order valence-electron chi connectivity index (χ3n) is 9.85. The van der Waals surface area contributed by atoms with Crippen molar-refractivity contribution in [3.8, 4) is 6.07 Å². The van der Waals surface area contributed by atoms with E-state index in [9.17, 15) is 8.78 Å². The third kappa shape index (κ3) is 5.59. The maximum Gasteiger partial charge on any atom is 0.144 e. The van der Waals surface area contributed by atoms with Gasteiger partial charge in [-0.3, -0.25) is 0 Å². The molecule has 0 unspecified atom stereocenters. The van der Waals surface area contributed by atoms with Gasteiger partial charge in [0.1, 0.15) is 34.9 Å². The van der Waals surface area contributed by atoms with E-state index in [0.717, 1.165) is 82.6 Å². The summed E-state index contributed by atoms with van der Waals surface area (Å²) >= 11 is 0. The average molecular weight is 512 g/mol. The van der Waals surface area contributed by atoms with Crippen molar-refractivity contribution in [2.75, 3.05) is 0 Å². The smallest absolute Gasteiger partial charge is 0.144 e. The predicted molar refractivity (Wildman–Crippen MR) is 137 cm³/mol. The number of hydrogen-bond acceptors (Lipinski definition) is 1. The summed E-state index contributed by atoms with van der Waals surface area (Å²) in [5, 5.41) is 8.90. The molecule has 0 saturated heterocycles. The van der Waals surface area contributed by atoms with Crippen molar-refractivity contribution < 1.29 is 17.6 Å². The summed E-state index contributed by atoms with van der Waals surface area (Å²) in [5.74, 6) is -0.153. The quantitative estimate of drug-likeness (QED) is 0.375. The molecule has 0 bridgehead atoms. The molecule has 1 nitrogen and oxygen atoms in total. The van der Waals surface area contributed by atoms with Crippen molar-refractivity contribution in [3.63, 3.8) is 0 Å². The molecule has 3 aliphatic carbocycles. The molecule has 5 heteroatoms. The molecule has 3 aliphatic rings. The first-order valence-electron chi connectivity index (χ1n) is 14.2. The van der Waals surface area contributed by atoms with Crippen LogP contribution in [0.3, 0.4) is 0 Å². The standard InChI is InChI=1S/C32H37F4N/c1-19-2-4-22(5-3-19)26-16-30(35)32(31(36)17-26)24-12-10-21(11-13-24)20-6-8-23(9-7-20)25-14-28(33)27(18-37)29(34)15-25/h14-17,19-24H,2-13H2,1H3. The highest BCUT2D eigenvalue weighted by Gasteiger charge is 2.34. The summed E-state index contributed by atoms with van der Waals surface area (Å²) in [6.45, 7) is 2.25. The van der Waals surface area contributed by atoms with E-state index in [2.05, 4.69) is 6.92 Å². The summed E-state index contributed by atoms with van der Waals surface area (Å²) in [4.78, 5) is 0. The van der Waals surface area contributed by atoms with E-state index in [0.29, 0.717) is 28.9 Å². The van der Waals surface area contributed by atoms with Gasteiger partial charge in [-0.2, -0.15) is 5.26 Å². The zero-order valence-corrected chi connectivity index (χ0v) is 21.7. The second-order valence-electron chi connectivity index (χ2n) is 12.0. The largest absolute Gasteiger partial charge is 0.207 e. The van der Waals surface area contributed by atoms with Crippen LogP contribution in [0.1, 0.15) is 124 Å². The summed E-state index contributed by atoms with van der Waals surface area (Å²) in [6.07, 6.45) is 11.6. The van der Waals surface area contributed by atoms with Crippen molar-refractivity contribution in [1.82, 2.24) is 0 Å². The van der Waals surface area contributed by atoms with Gasteiger partial charge < -0.3 is 0 Å². The Labute approximate surface area is 218 Å². The highest BCUT2D eigenvalue weighted by Crippen LogP contribution is 2.47. The van der Waals surface area contributed by atoms with Gasteiger partial charge in [0.15, 0.2) is 0 Å². The minimum Gasteiger partial charge on any atom is -0.207 e. The van der Waals surface area contributed by atoms with Crippen molar-refractivity contribution in [2.45, 2.75) is 102 Å². The molecule has 0 aliphatic heterocycles. The molecule has 0 spiro atoms. The molecule has 0 amide bonds. The summed E-state index contributed by atoms with van der Waals surface area (Å²) < 4.78 is 58.5. The molecular formula is C32H37F4N. The van der Waals surface area contributed by atoms with Crippen molar-refractivity contribution in [2.24, 2.45) is 17.8 Å². The fraction of sp³-hybridized carbons (Fsp3) is 0.594. The molecular weight excluding hydrogens is 474 g/mol. The Hall–Kier alpha value is -2.35. The summed E-state index contributed by atoms with van der Waals surface area (Å²) in [7, 11) is 0. The van der Waals surface area contributed by atoms with Gasteiger partial charge in [0, 0.05) is 5.56 Å². The Balaban J connectivity index is 1.16. The van der Waals surface area contributed by atoms with Crippen LogP contribution in [-0.2, 0) is 0 Å². The number of benzene rings is 2. The Morgan fingerprint density at radius 3 is 1.38 bits per heavy atom. The number of halogens is 4.